The second kappa shape index (κ2) is 3.26. The van der Waals surface area contributed by atoms with E-state index in [1.54, 1.807) is 0 Å². The van der Waals surface area contributed by atoms with Gasteiger partial charge in [-0.05, 0) is 34.1 Å². The van der Waals surface area contributed by atoms with E-state index in [2.05, 4.69) is 33.0 Å². The third kappa shape index (κ3) is 1.36. The zero-order valence-electron chi connectivity index (χ0n) is 7.72. The van der Waals surface area contributed by atoms with Crippen molar-refractivity contribution in [2.24, 2.45) is 0 Å². The second-order valence-corrected chi connectivity index (χ2v) is 4.77. The van der Waals surface area contributed by atoms with E-state index in [0.29, 0.717) is 0 Å². The van der Waals surface area contributed by atoms with Gasteiger partial charge in [-0.25, -0.2) is 0 Å². The van der Waals surface area contributed by atoms with Crippen molar-refractivity contribution >= 4 is 49.3 Å². The van der Waals surface area contributed by atoms with Crippen LogP contribution in [0.1, 0.15) is 0 Å². The van der Waals surface area contributed by atoms with Crippen molar-refractivity contribution in [2.75, 3.05) is 0 Å². The Hall–Kier alpha value is -0.990. The van der Waals surface area contributed by atoms with Gasteiger partial charge >= 0.3 is 0 Å². The minimum absolute atomic E-state index is 0.749. The molecule has 0 aliphatic carbocycles. The van der Waals surface area contributed by atoms with Gasteiger partial charge in [0.25, 0.3) is 0 Å². The molecule has 0 saturated heterocycles. The van der Waals surface area contributed by atoms with Gasteiger partial charge in [-0.1, -0.05) is 29.8 Å². The standard InChI is InChI=1S/C12H7BrClN/c13-10-6-7(14)5-9-8-3-1-2-4-11(8)15-12(9)10/h1-6,15H. The Morgan fingerprint density at radius 2 is 1.87 bits per heavy atom. The number of aromatic amines is 1. The summed E-state index contributed by atoms with van der Waals surface area (Å²) < 4.78 is 1.00. The van der Waals surface area contributed by atoms with E-state index < -0.39 is 0 Å². The first-order valence-corrected chi connectivity index (χ1v) is 5.78. The number of halogens is 2. The SMILES string of the molecule is Clc1cc(Br)c2[nH]c3ccccc3c2c1. The van der Waals surface area contributed by atoms with Crippen LogP contribution in [0.2, 0.25) is 5.02 Å². The largest absolute Gasteiger partial charge is 0.354 e. The van der Waals surface area contributed by atoms with E-state index >= 15 is 0 Å². The molecule has 1 N–H and O–H groups in total. The summed E-state index contributed by atoms with van der Waals surface area (Å²) in [6.07, 6.45) is 0. The van der Waals surface area contributed by atoms with Gasteiger partial charge in [0.15, 0.2) is 0 Å². The van der Waals surface area contributed by atoms with Crippen LogP contribution >= 0.6 is 27.5 Å². The van der Waals surface area contributed by atoms with Crippen LogP contribution < -0.4 is 0 Å². The molecule has 0 aliphatic heterocycles. The molecular formula is C12H7BrClN. The van der Waals surface area contributed by atoms with Crippen molar-refractivity contribution in [1.82, 2.24) is 4.98 Å². The molecule has 74 valence electrons. The van der Waals surface area contributed by atoms with E-state index in [1.807, 2.05) is 24.3 Å². The van der Waals surface area contributed by atoms with E-state index in [9.17, 15) is 0 Å². The molecule has 0 bridgehead atoms. The van der Waals surface area contributed by atoms with Crippen molar-refractivity contribution in [1.29, 1.82) is 0 Å². The molecule has 0 amide bonds. The maximum atomic E-state index is 6.04. The molecule has 0 radical (unpaired) electrons. The summed E-state index contributed by atoms with van der Waals surface area (Å²) >= 11 is 9.55. The lowest BCUT2D eigenvalue weighted by Crippen LogP contribution is -1.71. The Labute approximate surface area is 100 Å². The van der Waals surface area contributed by atoms with E-state index in [0.717, 1.165) is 25.9 Å². The fraction of sp³-hybridized carbons (Fsp3) is 0. The molecule has 0 spiro atoms. The van der Waals surface area contributed by atoms with Crippen molar-refractivity contribution in [2.45, 2.75) is 0 Å². The van der Waals surface area contributed by atoms with Crippen molar-refractivity contribution in [3.63, 3.8) is 0 Å². The molecule has 0 fully saturated rings. The lowest BCUT2D eigenvalue weighted by Gasteiger charge is -1.95. The quantitative estimate of drug-likeness (QED) is 0.612. The van der Waals surface area contributed by atoms with Gasteiger partial charge in [-0.15, -0.1) is 0 Å². The normalized spacial score (nSPS) is 11.3. The summed E-state index contributed by atoms with van der Waals surface area (Å²) in [6, 6.07) is 12.1. The van der Waals surface area contributed by atoms with Gasteiger partial charge in [0, 0.05) is 25.8 Å². The van der Waals surface area contributed by atoms with Gasteiger partial charge in [0.1, 0.15) is 0 Å². The molecule has 1 aromatic heterocycles. The summed E-state index contributed by atoms with van der Waals surface area (Å²) in [5, 5.41) is 3.11. The van der Waals surface area contributed by atoms with E-state index in [1.165, 1.54) is 5.39 Å². The molecule has 1 nitrogen and oxygen atoms in total. The van der Waals surface area contributed by atoms with Crippen LogP contribution in [0.25, 0.3) is 21.8 Å². The smallest absolute Gasteiger partial charge is 0.0610 e. The van der Waals surface area contributed by atoms with Crippen LogP contribution in [0.3, 0.4) is 0 Å². The lowest BCUT2D eigenvalue weighted by molar-refractivity contribution is 1.53. The van der Waals surface area contributed by atoms with E-state index in [4.69, 9.17) is 11.6 Å². The predicted molar refractivity (Wildman–Crippen MR) is 68.5 cm³/mol. The molecule has 3 heteroatoms. The topological polar surface area (TPSA) is 15.8 Å². The minimum atomic E-state index is 0.749. The summed E-state index contributed by atoms with van der Waals surface area (Å²) in [6.45, 7) is 0. The number of rotatable bonds is 0. The van der Waals surface area contributed by atoms with Gasteiger partial charge in [0.2, 0.25) is 0 Å². The molecule has 0 unspecified atom stereocenters. The van der Waals surface area contributed by atoms with Crippen LogP contribution in [0.5, 0.6) is 0 Å². The van der Waals surface area contributed by atoms with Gasteiger partial charge in [-0.2, -0.15) is 0 Å². The molecule has 3 aromatic rings. The number of hydrogen-bond donors (Lipinski definition) is 1. The maximum absolute atomic E-state index is 6.04. The van der Waals surface area contributed by atoms with Gasteiger partial charge in [-0.3, -0.25) is 0 Å². The molecular weight excluding hydrogens is 273 g/mol. The van der Waals surface area contributed by atoms with Gasteiger partial charge in [0.05, 0.1) is 5.52 Å². The van der Waals surface area contributed by atoms with Crippen LogP contribution in [0.15, 0.2) is 40.9 Å². The predicted octanol–water partition coefficient (Wildman–Crippen LogP) is 4.74. The Morgan fingerprint density at radius 1 is 1.07 bits per heavy atom. The fourth-order valence-corrected chi connectivity index (χ4v) is 2.78. The number of H-pyrrole nitrogens is 1. The monoisotopic (exact) mass is 279 g/mol. The highest BCUT2D eigenvalue weighted by Crippen LogP contribution is 2.32. The van der Waals surface area contributed by atoms with Crippen LogP contribution in [-0.2, 0) is 0 Å². The Morgan fingerprint density at radius 3 is 2.73 bits per heavy atom. The number of para-hydroxylation sites is 1. The number of benzene rings is 2. The highest BCUT2D eigenvalue weighted by atomic mass is 79.9. The molecule has 0 saturated carbocycles. The zero-order valence-corrected chi connectivity index (χ0v) is 10.1. The Bertz CT molecular complexity index is 657. The zero-order chi connectivity index (χ0) is 10.4. The number of nitrogens with one attached hydrogen (secondary N) is 1. The first-order valence-electron chi connectivity index (χ1n) is 4.61. The van der Waals surface area contributed by atoms with Crippen LogP contribution in [0.4, 0.5) is 0 Å². The number of hydrogen-bond acceptors (Lipinski definition) is 0. The fourth-order valence-electron chi connectivity index (χ4n) is 1.87. The lowest BCUT2D eigenvalue weighted by atomic mass is 10.1. The molecule has 0 aliphatic rings. The summed E-state index contributed by atoms with van der Waals surface area (Å²) in [5.74, 6) is 0. The summed E-state index contributed by atoms with van der Waals surface area (Å²) in [7, 11) is 0. The molecule has 0 atom stereocenters. The molecule has 15 heavy (non-hydrogen) atoms. The van der Waals surface area contributed by atoms with Gasteiger partial charge < -0.3 is 4.98 Å². The third-order valence-electron chi connectivity index (χ3n) is 2.53. The van der Waals surface area contributed by atoms with E-state index in [-0.39, 0.29) is 0 Å². The summed E-state index contributed by atoms with van der Waals surface area (Å²) in [4.78, 5) is 3.37. The highest BCUT2D eigenvalue weighted by Gasteiger charge is 2.07. The minimum Gasteiger partial charge on any atom is -0.354 e. The second-order valence-electron chi connectivity index (χ2n) is 3.48. The first-order chi connectivity index (χ1) is 7.25. The summed E-state index contributed by atoms with van der Waals surface area (Å²) in [5.41, 5.74) is 2.23. The highest BCUT2D eigenvalue weighted by molar-refractivity contribution is 9.10. The van der Waals surface area contributed by atoms with Crippen molar-refractivity contribution in [3.8, 4) is 0 Å². The Kier molecular flexibility index (Phi) is 2.01. The Balaban J connectivity index is 2.61. The average Bonchev–Trinajstić information content (AvgIpc) is 2.57. The first kappa shape index (κ1) is 9.25. The van der Waals surface area contributed by atoms with Crippen molar-refractivity contribution in [3.05, 3.63) is 45.9 Å². The molecule has 2 aromatic carbocycles. The number of fused-ring (bicyclic) bond motifs is 3. The van der Waals surface area contributed by atoms with Crippen LogP contribution in [-0.4, -0.2) is 4.98 Å². The van der Waals surface area contributed by atoms with Crippen molar-refractivity contribution < 1.29 is 0 Å². The third-order valence-corrected chi connectivity index (χ3v) is 3.38. The maximum Gasteiger partial charge on any atom is 0.0610 e. The molecule has 1 heterocycles. The van der Waals surface area contributed by atoms with Crippen LogP contribution in [0, 0.1) is 0 Å². The molecule has 3 rings (SSSR count). The average molecular weight is 281 g/mol. The number of aromatic nitrogens is 1.